The van der Waals surface area contributed by atoms with Crippen LogP contribution in [0.5, 0.6) is 0 Å². The Balaban J connectivity index is 1.81. The Hall–Kier alpha value is -0.860. The van der Waals surface area contributed by atoms with Crippen molar-refractivity contribution in [2.75, 3.05) is 26.2 Å². The van der Waals surface area contributed by atoms with Gasteiger partial charge in [0.25, 0.3) is 0 Å². The molecule has 0 aromatic heterocycles. The number of nitrogens with zero attached hydrogens (tertiary/aromatic N) is 1. The maximum atomic E-state index is 3.52. The van der Waals surface area contributed by atoms with Gasteiger partial charge in [-0.3, -0.25) is 4.90 Å². The highest BCUT2D eigenvalue weighted by molar-refractivity contribution is 5.35. The van der Waals surface area contributed by atoms with E-state index in [0.717, 1.165) is 6.54 Å². The van der Waals surface area contributed by atoms with Crippen LogP contribution in [0.4, 0.5) is 0 Å². The lowest BCUT2D eigenvalue weighted by atomic mass is 9.88. The molecule has 1 aliphatic carbocycles. The van der Waals surface area contributed by atoms with E-state index in [1.54, 1.807) is 16.7 Å². The van der Waals surface area contributed by atoms with Gasteiger partial charge in [0, 0.05) is 25.7 Å². The summed E-state index contributed by atoms with van der Waals surface area (Å²) < 4.78 is 0. The molecule has 0 spiro atoms. The second-order valence-corrected chi connectivity index (χ2v) is 6.30. The fourth-order valence-corrected chi connectivity index (χ4v) is 3.84. The van der Waals surface area contributed by atoms with Gasteiger partial charge in [-0.2, -0.15) is 0 Å². The van der Waals surface area contributed by atoms with Gasteiger partial charge in [0.05, 0.1) is 0 Å². The summed E-state index contributed by atoms with van der Waals surface area (Å²) in [5.41, 5.74) is 4.78. The van der Waals surface area contributed by atoms with Crippen molar-refractivity contribution in [1.29, 1.82) is 0 Å². The average Bonchev–Trinajstić information content (AvgIpc) is 2.77. The van der Waals surface area contributed by atoms with Crippen molar-refractivity contribution in [3.05, 3.63) is 34.9 Å². The van der Waals surface area contributed by atoms with Crippen molar-refractivity contribution in [2.45, 2.75) is 51.5 Å². The number of hydrogen-bond donors (Lipinski definition) is 1. The second kappa shape index (κ2) is 6.73. The summed E-state index contributed by atoms with van der Waals surface area (Å²) in [6.45, 7) is 7.08. The first-order valence-corrected chi connectivity index (χ1v) is 8.45. The molecule has 0 bridgehead atoms. The van der Waals surface area contributed by atoms with Crippen LogP contribution in [0.2, 0.25) is 0 Å². The minimum atomic E-state index is 0.613. The van der Waals surface area contributed by atoms with E-state index in [0.29, 0.717) is 6.04 Å². The number of fused-ring (bicyclic) bond motifs is 1. The van der Waals surface area contributed by atoms with E-state index < -0.39 is 0 Å². The van der Waals surface area contributed by atoms with Crippen LogP contribution in [-0.4, -0.2) is 31.1 Å². The molecule has 3 rings (SSSR count). The van der Waals surface area contributed by atoms with E-state index in [1.807, 2.05) is 0 Å². The van der Waals surface area contributed by atoms with Crippen LogP contribution >= 0.6 is 0 Å². The molecule has 2 aliphatic rings. The molecule has 1 unspecified atom stereocenters. The topological polar surface area (TPSA) is 15.3 Å². The summed E-state index contributed by atoms with van der Waals surface area (Å²) in [5.74, 6) is 0. The van der Waals surface area contributed by atoms with Crippen molar-refractivity contribution in [3.63, 3.8) is 0 Å². The molecule has 1 aromatic rings. The van der Waals surface area contributed by atoms with Crippen LogP contribution in [0.25, 0.3) is 0 Å². The lowest BCUT2D eigenvalue weighted by Gasteiger charge is -2.31. The van der Waals surface area contributed by atoms with Gasteiger partial charge in [0.2, 0.25) is 0 Å². The standard InChI is InChI=1S/C18H28N2/c1-2-18(20-12-5-10-19-11-13-20)17-9-8-15-6-3-4-7-16(15)14-17/h8-9,14,18-19H,2-7,10-13H2,1H3. The average molecular weight is 272 g/mol. The van der Waals surface area contributed by atoms with Gasteiger partial charge in [0.1, 0.15) is 0 Å². The zero-order valence-corrected chi connectivity index (χ0v) is 12.8. The van der Waals surface area contributed by atoms with E-state index in [2.05, 4.69) is 35.3 Å². The van der Waals surface area contributed by atoms with Gasteiger partial charge in [-0.05, 0) is 61.8 Å². The lowest BCUT2D eigenvalue weighted by molar-refractivity contribution is 0.205. The van der Waals surface area contributed by atoms with Gasteiger partial charge >= 0.3 is 0 Å². The highest BCUT2D eigenvalue weighted by Crippen LogP contribution is 2.29. The molecule has 1 atom stereocenters. The molecule has 1 aromatic carbocycles. The van der Waals surface area contributed by atoms with E-state index in [-0.39, 0.29) is 0 Å². The Bertz CT molecular complexity index is 433. The highest BCUT2D eigenvalue weighted by atomic mass is 15.2. The fourth-order valence-electron chi connectivity index (χ4n) is 3.84. The van der Waals surface area contributed by atoms with E-state index in [4.69, 9.17) is 0 Å². The van der Waals surface area contributed by atoms with Crippen molar-refractivity contribution in [2.24, 2.45) is 0 Å². The Labute approximate surface area is 123 Å². The van der Waals surface area contributed by atoms with Crippen LogP contribution in [0.15, 0.2) is 18.2 Å². The predicted molar refractivity (Wildman–Crippen MR) is 85.2 cm³/mol. The molecular weight excluding hydrogens is 244 g/mol. The molecule has 0 saturated carbocycles. The highest BCUT2D eigenvalue weighted by Gasteiger charge is 2.21. The third-order valence-corrected chi connectivity index (χ3v) is 4.96. The number of benzene rings is 1. The normalized spacial score (nSPS) is 22.1. The molecule has 1 aliphatic heterocycles. The van der Waals surface area contributed by atoms with Crippen molar-refractivity contribution >= 4 is 0 Å². The van der Waals surface area contributed by atoms with Gasteiger partial charge in [0.15, 0.2) is 0 Å². The molecule has 2 heteroatoms. The van der Waals surface area contributed by atoms with Gasteiger partial charge in [-0.15, -0.1) is 0 Å². The monoisotopic (exact) mass is 272 g/mol. The van der Waals surface area contributed by atoms with Crippen LogP contribution in [0.1, 0.15) is 55.3 Å². The Morgan fingerprint density at radius 3 is 2.75 bits per heavy atom. The molecule has 20 heavy (non-hydrogen) atoms. The molecular formula is C18H28N2. The van der Waals surface area contributed by atoms with Gasteiger partial charge < -0.3 is 5.32 Å². The van der Waals surface area contributed by atoms with Crippen LogP contribution < -0.4 is 5.32 Å². The lowest BCUT2D eigenvalue weighted by Crippen LogP contribution is -2.32. The summed E-state index contributed by atoms with van der Waals surface area (Å²) in [6, 6.07) is 7.93. The zero-order valence-electron chi connectivity index (χ0n) is 12.8. The zero-order chi connectivity index (χ0) is 13.8. The molecule has 110 valence electrons. The summed E-state index contributed by atoms with van der Waals surface area (Å²) in [7, 11) is 0. The first kappa shape index (κ1) is 14.1. The molecule has 0 amide bonds. The van der Waals surface area contributed by atoms with Crippen molar-refractivity contribution < 1.29 is 0 Å². The van der Waals surface area contributed by atoms with E-state index in [9.17, 15) is 0 Å². The Kier molecular flexibility index (Phi) is 4.74. The molecule has 2 nitrogen and oxygen atoms in total. The first-order chi connectivity index (χ1) is 9.88. The molecule has 1 saturated heterocycles. The predicted octanol–water partition coefficient (Wildman–Crippen LogP) is 3.31. The number of rotatable bonds is 3. The smallest absolute Gasteiger partial charge is 0.0346 e. The molecule has 1 fully saturated rings. The van der Waals surface area contributed by atoms with Crippen molar-refractivity contribution in [3.8, 4) is 0 Å². The fraction of sp³-hybridized carbons (Fsp3) is 0.667. The minimum absolute atomic E-state index is 0.613. The molecule has 1 heterocycles. The summed E-state index contributed by atoms with van der Waals surface area (Å²) in [5, 5.41) is 3.52. The van der Waals surface area contributed by atoms with Crippen LogP contribution in [0, 0.1) is 0 Å². The number of hydrogen-bond acceptors (Lipinski definition) is 2. The maximum absolute atomic E-state index is 3.52. The summed E-state index contributed by atoms with van der Waals surface area (Å²) in [4.78, 5) is 2.69. The third kappa shape index (κ3) is 3.07. The van der Waals surface area contributed by atoms with Gasteiger partial charge in [-0.25, -0.2) is 0 Å². The van der Waals surface area contributed by atoms with E-state index >= 15 is 0 Å². The van der Waals surface area contributed by atoms with E-state index in [1.165, 1.54) is 58.2 Å². The van der Waals surface area contributed by atoms with Crippen LogP contribution in [-0.2, 0) is 12.8 Å². The third-order valence-electron chi connectivity index (χ3n) is 4.96. The summed E-state index contributed by atoms with van der Waals surface area (Å²) >= 11 is 0. The maximum Gasteiger partial charge on any atom is 0.0346 e. The number of nitrogens with one attached hydrogen (secondary N) is 1. The molecule has 1 N–H and O–H groups in total. The quantitative estimate of drug-likeness (QED) is 0.908. The van der Waals surface area contributed by atoms with Gasteiger partial charge in [-0.1, -0.05) is 25.1 Å². The van der Waals surface area contributed by atoms with Crippen LogP contribution in [0.3, 0.4) is 0 Å². The van der Waals surface area contributed by atoms with Crippen molar-refractivity contribution in [1.82, 2.24) is 10.2 Å². The Morgan fingerprint density at radius 1 is 1.05 bits per heavy atom. The SMILES string of the molecule is CCC(c1ccc2c(c1)CCCC2)N1CCCNCC1. The summed E-state index contributed by atoms with van der Waals surface area (Å²) in [6.07, 6.45) is 7.84. The molecule has 0 radical (unpaired) electrons. The minimum Gasteiger partial charge on any atom is -0.315 e. The second-order valence-electron chi connectivity index (χ2n) is 6.30. The first-order valence-electron chi connectivity index (χ1n) is 8.45. The largest absolute Gasteiger partial charge is 0.315 e. The Morgan fingerprint density at radius 2 is 1.90 bits per heavy atom. The number of aryl methyl sites for hydroxylation is 2.